The number of aryl methyl sites for hydroxylation is 1. The Morgan fingerprint density at radius 3 is 2.29 bits per heavy atom. The highest BCUT2D eigenvalue weighted by Crippen LogP contribution is 2.39. The molecule has 0 radical (unpaired) electrons. The Hall–Kier alpha value is -4.66. The number of halogens is 3. The van der Waals surface area contributed by atoms with Crippen molar-refractivity contribution in [1.29, 1.82) is 0 Å². The molecule has 0 bridgehead atoms. The zero-order chi connectivity index (χ0) is 34.1. The second-order valence-electron chi connectivity index (χ2n) is 13.5. The molecule has 3 heterocycles. The highest BCUT2D eigenvalue weighted by atomic mass is 19.4. The molecule has 9 heteroatoms. The minimum atomic E-state index is -4.44. The number of carbonyl (C=O) groups is 1. The van der Waals surface area contributed by atoms with Gasteiger partial charge in [0.25, 0.3) is 0 Å². The Morgan fingerprint density at radius 1 is 0.958 bits per heavy atom. The smallest absolute Gasteiger partial charge is 0.417 e. The average molecular weight is 656 g/mol. The molecule has 2 aromatic carbocycles. The fourth-order valence-corrected chi connectivity index (χ4v) is 6.24. The van der Waals surface area contributed by atoms with E-state index in [1.165, 1.54) is 23.6 Å². The zero-order valence-electron chi connectivity index (χ0n) is 27.5. The second-order valence-corrected chi connectivity index (χ2v) is 13.5. The summed E-state index contributed by atoms with van der Waals surface area (Å²) >= 11 is 0. The number of rotatable bonds is 12. The number of pyridine rings is 2. The average Bonchev–Trinajstić information content (AvgIpc) is 3.32. The van der Waals surface area contributed by atoms with E-state index in [4.69, 9.17) is 4.74 Å². The number of ether oxygens (including phenoxy) is 1. The van der Waals surface area contributed by atoms with Gasteiger partial charge in [0, 0.05) is 47.5 Å². The molecule has 0 amide bonds. The molecular formula is C39H40F3N3O3. The van der Waals surface area contributed by atoms with E-state index in [9.17, 15) is 23.1 Å². The van der Waals surface area contributed by atoms with Crippen LogP contribution in [0.1, 0.15) is 73.7 Å². The van der Waals surface area contributed by atoms with E-state index in [2.05, 4.69) is 39.7 Å². The molecule has 48 heavy (non-hydrogen) atoms. The number of hydrogen-bond acceptors (Lipinski definition) is 4. The summed E-state index contributed by atoms with van der Waals surface area (Å²) in [5.74, 6) is 0.429. The Kier molecular flexibility index (Phi) is 9.32. The molecule has 6 nitrogen and oxygen atoms in total. The maximum absolute atomic E-state index is 13.0. The molecular weight excluding hydrogens is 615 g/mol. The van der Waals surface area contributed by atoms with Crippen molar-refractivity contribution in [2.45, 2.75) is 78.6 Å². The fourth-order valence-electron chi connectivity index (χ4n) is 6.24. The van der Waals surface area contributed by atoms with Crippen LogP contribution in [0.2, 0.25) is 0 Å². The summed E-state index contributed by atoms with van der Waals surface area (Å²) in [7, 11) is 0. The molecule has 1 N–H and O–H groups in total. The van der Waals surface area contributed by atoms with Gasteiger partial charge in [-0.15, -0.1) is 0 Å². The van der Waals surface area contributed by atoms with E-state index >= 15 is 0 Å². The minimum Gasteiger partial charge on any atom is -0.487 e. The summed E-state index contributed by atoms with van der Waals surface area (Å²) in [4.78, 5) is 20.9. The van der Waals surface area contributed by atoms with Crippen LogP contribution in [0.3, 0.4) is 0 Å². The predicted octanol–water partition coefficient (Wildman–Crippen LogP) is 9.30. The van der Waals surface area contributed by atoms with Crippen molar-refractivity contribution in [3.63, 3.8) is 0 Å². The van der Waals surface area contributed by atoms with Crippen LogP contribution in [0.25, 0.3) is 22.2 Å². The number of benzene rings is 2. The molecule has 1 fully saturated rings. The van der Waals surface area contributed by atoms with E-state index in [0.29, 0.717) is 36.7 Å². The molecule has 0 spiro atoms. The first-order chi connectivity index (χ1) is 22.9. The number of fused-ring (bicyclic) bond motifs is 1. The highest BCUT2D eigenvalue weighted by Gasteiger charge is 2.33. The first-order valence-corrected chi connectivity index (χ1v) is 16.5. The van der Waals surface area contributed by atoms with Gasteiger partial charge in [-0.25, -0.2) is 0 Å². The molecule has 1 aliphatic carbocycles. The molecule has 0 atom stereocenters. The molecule has 250 valence electrons. The minimum absolute atomic E-state index is 0.340. The normalized spacial score (nSPS) is 13.9. The Labute approximate surface area is 278 Å². The third-order valence-corrected chi connectivity index (χ3v) is 9.53. The monoisotopic (exact) mass is 655 g/mol. The molecule has 5 aromatic rings. The molecule has 1 aliphatic rings. The van der Waals surface area contributed by atoms with Gasteiger partial charge in [0.15, 0.2) is 0 Å². The third-order valence-electron chi connectivity index (χ3n) is 9.53. The molecule has 1 saturated carbocycles. The van der Waals surface area contributed by atoms with Gasteiger partial charge >= 0.3 is 12.1 Å². The summed E-state index contributed by atoms with van der Waals surface area (Å²) in [6, 6.07) is 20.2. The Bertz CT molecular complexity index is 1890. The van der Waals surface area contributed by atoms with E-state index in [1.54, 1.807) is 13.8 Å². The van der Waals surface area contributed by atoms with Crippen LogP contribution >= 0.6 is 0 Å². The van der Waals surface area contributed by atoms with Crippen LogP contribution in [-0.4, -0.2) is 25.6 Å². The highest BCUT2D eigenvalue weighted by molar-refractivity contribution is 5.88. The van der Waals surface area contributed by atoms with Gasteiger partial charge in [0.05, 0.1) is 22.4 Å². The van der Waals surface area contributed by atoms with Gasteiger partial charge in [0.1, 0.15) is 12.4 Å². The van der Waals surface area contributed by atoms with Crippen molar-refractivity contribution in [1.82, 2.24) is 14.5 Å². The number of aromatic nitrogens is 3. The lowest BCUT2D eigenvalue weighted by atomic mass is 9.79. The number of carboxylic acids is 1. The van der Waals surface area contributed by atoms with Crippen LogP contribution in [0, 0.1) is 11.3 Å². The number of aliphatic carboxylic acids is 1. The second kappa shape index (κ2) is 13.5. The van der Waals surface area contributed by atoms with Crippen LogP contribution < -0.4 is 4.74 Å². The van der Waals surface area contributed by atoms with E-state index in [0.717, 1.165) is 71.6 Å². The van der Waals surface area contributed by atoms with Gasteiger partial charge in [-0.2, -0.15) is 13.2 Å². The maximum atomic E-state index is 13.0. The number of hydrogen-bond donors (Lipinski definition) is 1. The summed E-state index contributed by atoms with van der Waals surface area (Å²) in [5, 5.41) is 11.2. The van der Waals surface area contributed by atoms with Crippen molar-refractivity contribution < 1.29 is 27.8 Å². The van der Waals surface area contributed by atoms with Crippen molar-refractivity contribution >= 4 is 16.9 Å². The van der Waals surface area contributed by atoms with Crippen LogP contribution in [0.5, 0.6) is 5.75 Å². The molecule has 0 unspecified atom stereocenters. The van der Waals surface area contributed by atoms with Crippen molar-refractivity contribution in [2.24, 2.45) is 11.3 Å². The Morgan fingerprint density at radius 2 is 1.71 bits per heavy atom. The number of carboxylic acid groups (broad SMARTS) is 1. The molecule has 0 saturated heterocycles. The number of nitrogens with zero attached hydrogens (tertiary/aromatic N) is 3. The van der Waals surface area contributed by atoms with Gasteiger partial charge in [-0.3, -0.25) is 14.8 Å². The SMILES string of the molecule is CCc1ccc(COc2ccc3c(c2)c(CC2CCC2)c(CC(C)(C)C(=O)O)n3Cc2ccc(-c3ccc(C(F)(F)F)cn3)cc2)nc1. The maximum Gasteiger partial charge on any atom is 0.417 e. The summed E-state index contributed by atoms with van der Waals surface area (Å²) in [6.45, 7) is 6.47. The van der Waals surface area contributed by atoms with E-state index in [-0.39, 0.29) is 0 Å². The molecule has 0 aliphatic heterocycles. The summed E-state index contributed by atoms with van der Waals surface area (Å²) < 4.78 is 47.6. The van der Waals surface area contributed by atoms with Crippen LogP contribution in [0.4, 0.5) is 13.2 Å². The fraction of sp³-hybridized carbons (Fsp3) is 0.359. The van der Waals surface area contributed by atoms with Crippen molar-refractivity contribution in [3.05, 3.63) is 113 Å². The zero-order valence-corrected chi connectivity index (χ0v) is 27.5. The lowest BCUT2D eigenvalue weighted by molar-refractivity contribution is -0.146. The lowest BCUT2D eigenvalue weighted by Crippen LogP contribution is -2.28. The van der Waals surface area contributed by atoms with Gasteiger partial charge in [-0.1, -0.05) is 56.5 Å². The van der Waals surface area contributed by atoms with Crippen molar-refractivity contribution in [2.75, 3.05) is 0 Å². The van der Waals surface area contributed by atoms with Crippen LogP contribution in [-0.2, 0) is 43.4 Å². The van der Waals surface area contributed by atoms with Gasteiger partial charge in [-0.05, 0) is 85.7 Å². The predicted molar refractivity (Wildman–Crippen MR) is 180 cm³/mol. The standard InChI is InChI=1S/C39H40F3N3O3/c1-4-25-10-14-30(43-21-25)24-48-31-15-17-35-33(19-31)32(18-26-6-5-7-26)36(20-38(2,3)37(46)47)45(35)23-27-8-11-28(12-9-27)34-16-13-29(22-44-34)39(40,41)42/h8-17,19,21-22,26H,4-7,18,20,23-24H2,1-3H3,(H,46,47). The summed E-state index contributed by atoms with van der Waals surface area (Å²) in [5.41, 5.74) is 5.57. The third kappa shape index (κ3) is 7.25. The summed E-state index contributed by atoms with van der Waals surface area (Å²) in [6.07, 6.45) is 3.96. The Balaban J connectivity index is 1.36. The van der Waals surface area contributed by atoms with E-state index in [1.807, 2.05) is 42.6 Å². The first-order valence-electron chi connectivity index (χ1n) is 16.5. The first kappa shape index (κ1) is 33.2. The quantitative estimate of drug-likeness (QED) is 0.145. The molecule has 6 rings (SSSR count). The number of alkyl halides is 3. The van der Waals surface area contributed by atoms with E-state index < -0.39 is 23.1 Å². The lowest BCUT2D eigenvalue weighted by Gasteiger charge is -2.27. The molecule has 3 aromatic heterocycles. The van der Waals surface area contributed by atoms with Gasteiger partial charge in [0.2, 0.25) is 0 Å². The van der Waals surface area contributed by atoms with Gasteiger partial charge < -0.3 is 14.4 Å². The topological polar surface area (TPSA) is 77.2 Å². The van der Waals surface area contributed by atoms with Crippen LogP contribution in [0.15, 0.2) is 79.1 Å². The van der Waals surface area contributed by atoms with Crippen molar-refractivity contribution in [3.8, 4) is 17.0 Å². The largest absolute Gasteiger partial charge is 0.487 e.